The third kappa shape index (κ3) is 4.00. The summed E-state index contributed by atoms with van der Waals surface area (Å²) in [7, 11) is 1.68. The fourth-order valence-corrected chi connectivity index (χ4v) is 3.95. The van der Waals surface area contributed by atoms with Crippen LogP contribution >= 0.6 is 11.8 Å². The van der Waals surface area contributed by atoms with Gasteiger partial charge in [-0.3, -0.25) is 4.79 Å². The maximum Gasteiger partial charge on any atom is 0.191 e. The van der Waals surface area contributed by atoms with Crippen molar-refractivity contribution in [3.63, 3.8) is 0 Å². The van der Waals surface area contributed by atoms with Crippen molar-refractivity contribution in [1.82, 2.24) is 14.8 Å². The highest BCUT2D eigenvalue weighted by Gasteiger charge is 2.15. The van der Waals surface area contributed by atoms with Gasteiger partial charge in [0.25, 0.3) is 0 Å². The van der Waals surface area contributed by atoms with Crippen molar-refractivity contribution in [1.29, 1.82) is 0 Å². The minimum Gasteiger partial charge on any atom is -0.383 e. The molecule has 0 N–H and O–H groups in total. The molecule has 0 unspecified atom stereocenters. The van der Waals surface area contributed by atoms with E-state index >= 15 is 0 Å². The minimum absolute atomic E-state index is 0.120. The third-order valence-corrected chi connectivity index (χ3v) is 4.95. The van der Waals surface area contributed by atoms with Crippen molar-refractivity contribution in [2.45, 2.75) is 45.1 Å². The summed E-state index contributed by atoms with van der Waals surface area (Å²) in [5.41, 5.74) is 5.37. The van der Waals surface area contributed by atoms with Crippen molar-refractivity contribution in [3.8, 4) is 0 Å². The lowest BCUT2D eigenvalue weighted by Gasteiger charge is -2.15. The van der Waals surface area contributed by atoms with Crippen LogP contribution in [0.25, 0.3) is 0 Å². The van der Waals surface area contributed by atoms with Gasteiger partial charge >= 0.3 is 0 Å². The Labute approximate surface area is 141 Å². The molecule has 0 atom stereocenters. The van der Waals surface area contributed by atoms with Gasteiger partial charge < -0.3 is 9.30 Å². The molecule has 23 heavy (non-hydrogen) atoms. The minimum atomic E-state index is 0.120. The highest BCUT2D eigenvalue weighted by atomic mass is 32.2. The first-order chi connectivity index (χ1) is 11.0. The Morgan fingerprint density at radius 2 is 2.04 bits per heavy atom. The lowest BCUT2D eigenvalue weighted by Crippen LogP contribution is -2.06. The van der Waals surface area contributed by atoms with Gasteiger partial charge in [-0.1, -0.05) is 17.8 Å². The Morgan fingerprint density at radius 1 is 1.30 bits per heavy atom. The van der Waals surface area contributed by atoms with E-state index in [1.165, 1.54) is 11.1 Å². The van der Waals surface area contributed by atoms with E-state index in [9.17, 15) is 4.79 Å². The second-order valence-electron chi connectivity index (χ2n) is 5.63. The summed E-state index contributed by atoms with van der Waals surface area (Å²) in [6.45, 7) is 9.11. The number of carbonyl (C=O) groups excluding carboxylic acids is 1. The summed E-state index contributed by atoms with van der Waals surface area (Å²) in [6.07, 6.45) is 1.72. The second kappa shape index (κ2) is 7.75. The molecule has 0 saturated heterocycles. The normalized spacial score (nSPS) is 11.0. The monoisotopic (exact) mass is 333 g/mol. The Hall–Kier alpha value is -1.66. The van der Waals surface area contributed by atoms with Crippen molar-refractivity contribution in [3.05, 3.63) is 40.2 Å². The molecule has 0 saturated carbocycles. The summed E-state index contributed by atoms with van der Waals surface area (Å²) in [6, 6.07) is 2.09. The van der Waals surface area contributed by atoms with E-state index in [1.807, 2.05) is 18.4 Å². The Bertz CT molecular complexity index is 710. The zero-order valence-electron chi connectivity index (χ0n) is 14.3. The predicted octanol–water partition coefficient (Wildman–Crippen LogP) is 3.34. The van der Waals surface area contributed by atoms with Crippen LogP contribution in [0.3, 0.4) is 0 Å². The molecule has 2 aromatic rings. The van der Waals surface area contributed by atoms with Gasteiger partial charge in [-0.05, 0) is 49.9 Å². The molecule has 2 rings (SSSR count). The van der Waals surface area contributed by atoms with Crippen LogP contribution in [-0.2, 0) is 17.0 Å². The molecule has 0 bridgehead atoms. The maximum absolute atomic E-state index is 11.9. The first-order valence-corrected chi connectivity index (χ1v) is 8.54. The zero-order chi connectivity index (χ0) is 17.0. The SMILES string of the molecule is COCCn1cnnc1SCc1c(C)cc(C)c(C(C)=O)c1C. The molecule has 0 spiro atoms. The largest absolute Gasteiger partial charge is 0.383 e. The van der Waals surface area contributed by atoms with Gasteiger partial charge in [0.2, 0.25) is 0 Å². The molecule has 1 heterocycles. The number of ketones is 1. The Balaban J connectivity index is 2.23. The van der Waals surface area contributed by atoms with Crippen LogP contribution in [0.2, 0.25) is 0 Å². The number of aromatic nitrogens is 3. The summed E-state index contributed by atoms with van der Waals surface area (Å²) < 4.78 is 7.09. The molecule has 0 aliphatic carbocycles. The number of benzene rings is 1. The van der Waals surface area contributed by atoms with Gasteiger partial charge in [-0.2, -0.15) is 0 Å². The van der Waals surface area contributed by atoms with E-state index in [0.717, 1.165) is 34.1 Å². The van der Waals surface area contributed by atoms with E-state index in [0.29, 0.717) is 6.61 Å². The summed E-state index contributed by atoms with van der Waals surface area (Å²) >= 11 is 1.63. The highest BCUT2D eigenvalue weighted by Crippen LogP contribution is 2.29. The molecule has 1 aromatic heterocycles. The molecule has 0 aliphatic heterocycles. The topological polar surface area (TPSA) is 57.0 Å². The summed E-state index contributed by atoms with van der Waals surface area (Å²) in [5, 5.41) is 9.01. The molecule has 1 aromatic carbocycles. The fourth-order valence-electron chi connectivity index (χ4n) is 2.83. The van der Waals surface area contributed by atoms with Gasteiger partial charge in [0.05, 0.1) is 6.61 Å². The van der Waals surface area contributed by atoms with Crippen LogP contribution in [-0.4, -0.2) is 34.3 Å². The molecule has 0 radical (unpaired) electrons. The molecular weight excluding hydrogens is 310 g/mol. The van der Waals surface area contributed by atoms with E-state index in [4.69, 9.17) is 4.74 Å². The first kappa shape index (κ1) is 17.7. The van der Waals surface area contributed by atoms with Gasteiger partial charge in [0.15, 0.2) is 10.9 Å². The Kier molecular flexibility index (Phi) is 5.96. The van der Waals surface area contributed by atoms with Gasteiger partial charge in [-0.25, -0.2) is 0 Å². The van der Waals surface area contributed by atoms with E-state index in [-0.39, 0.29) is 5.78 Å². The standard InChI is InChI=1S/C17H23N3O2S/c1-11-8-12(2)16(14(4)21)13(3)15(11)9-23-17-19-18-10-20(17)6-7-22-5/h8,10H,6-7,9H2,1-5H3. The summed E-state index contributed by atoms with van der Waals surface area (Å²) in [4.78, 5) is 11.9. The fraction of sp³-hybridized carbons (Fsp3) is 0.471. The van der Waals surface area contributed by atoms with E-state index in [2.05, 4.69) is 23.2 Å². The van der Waals surface area contributed by atoms with Crippen LogP contribution in [0.1, 0.15) is 39.5 Å². The number of carbonyl (C=O) groups is 1. The van der Waals surface area contributed by atoms with Crippen LogP contribution in [0.4, 0.5) is 0 Å². The second-order valence-corrected chi connectivity index (χ2v) is 6.58. The Morgan fingerprint density at radius 3 is 2.70 bits per heavy atom. The molecule has 0 aliphatic rings. The number of thioether (sulfide) groups is 1. The molecule has 0 fully saturated rings. The van der Waals surface area contributed by atoms with Gasteiger partial charge in [-0.15, -0.1) is 10.2 Å². The number of rotatable bonds is 7. The number of ether oxygens (including phenoxy) is 1. The average molecular weight is 333 g/mol. The average Bonchev–Trinajstić information content (AvgIpc) is 2.91. The quantitative estimate of drug-likeness (QED) is 0.574. The highest BCUT2D eigenvalue weighted by molar-refractivity contribution is 7.98. The molecule has 5 nitrogen and oxygen atoms in total. The van der Waals surface area contributed by atoms with Crippen LogP contribution in [0, 0.1) is 20.8 Å². The van der Waals surface area contributed by atoms with Crippen LogP contribution in [0.15, 0.2) is 17.6 Å². The number of hydrogen-bond donors (Lipinski definition) is 0. The van der Waals surface area contributed by atoms with Crippen molar-refractivity contribution >= 4 is 17.5 Å². The van der Waals surface area contributed by atoms with E-state index in [1.54, 1.807) is 32.1 Å². The number of aryl methyl sites for hydroxylation is 2. The molecular formula is C17H23N3O2S. The van der Waals surface area contributed by atoms with Crippen molar-refractivity contribution in [2.24, 2.45) is 0 Å². The number of hydrogen-bond acceptors (Lipinski definition) is 5. The summed E-state index contributed by atoms with van der Waals surface area (Å²) in [5.74, 6) is 0.888. The van der Waals surface area contributed by atoms with E-state index < -0.39 is 0 Å². The lowest BCUT2D eigenvalue weighted by molar-refractivity contribution is 0.101. The molecule has 0 amide bonds. The molecule has 124 valence electrons. The number of methoxy groups -OCH3 is 1. The number of Topliss-reactive ketones (excluding diaryl/α,β-unsaturated/α-hetero) is 1. The number of nitrogens with zero attached hydrogens (tertiary/aromatic N) is 3. The third-order valence-electron chi connectivity index (χ3n) is 3.95. The van der Waals surface area contributed by atoms with Crippen molar-refractivity contribution < 1.29 is 9.53 Å². The lowest BCUT2D eigenvalue weighted by atomic mass is 9.92. The predicted molar refractivity (Wildman–Crippen MR) is 92.1 cm³/mol. The van der Waals surface area contributed by atoms with Gasteiger partial charge in [0.1, 0.15) is 6.33 Å². The van der Waals surface area contributed by atoms with Gasteiger partial charge in [0, 0.05) is 25.0 Å². The first-order valence-electron chi connectivity index (χ1n) is 7.55. The van der Waals surface area contributed by atoms with Crippen molar-refractivity contribution in [2.75, 3.05) is 13.7 Å². The smallest absolute Gasteiger partial charge is 0.191 e. The zero-order valence-corrected chi connectivity index (χ0v) is 15.2. The van der Waals surface area contributed by atoms with Crippen LogP contribution in [0.5, 0.6) is 0 Å². The molecule has 6 heteroatoms. The van der Waals surface area contributed by atoms with Crippen LogP contribution < -0.4 is 0 Å². The maximum atomic E-state index is 11.9.